The Morgan fingerprint density at radius 2 is 1.55 bits per heavy atom. The summed E-state index contributed by atoms with van der Waals surface area (Å²) >= 11 is 0. The van der Waals surface area contributed by atoms with Gasteiger partial charge in [-0.2, -0.15) is 0 Å². The average Bonchev–Trinajstić information content (AvgIpc) is 3.92. The molecule has 0 saturated carbocycles. The number of hydrogen-bond donors (Lipinski definition) is 13. The van der Waals surface area contributed by atoms with E-state index in [0.29, 0.717) is 12.8 Å². The predicted octanol–water partition coefficient (Wildman–Crippen LogP) is -3.58. The van der Waals surface area contributed by atoms with Crippen LogP contribution < -0.4 is 36.6 Å². The third kappa shape index (κ3) is 15.9. The molecule has 2 bridgehead atoms. The minimum atomic E-state index is -5.10. The lowest BCUT2D eigenvalue weighted by atomic mass is 9.93. The number of aliphatic carboxylic acids is 1. The number of carbonyl (C=O) groups is 10. The van der Waals surface area contributed by atoms with E-state index in [2.05, 4.69) is 41.4 Å². The van der Waals surface area contributed by atoms with Gasteiger partial charge < -0.3 is 76.7 Å². The van der Waals surface area contributed by atoms with Gasteiger partial charge in [-0.15, -0.1) is 0 Å². The number of rotatable bonds is 15. The number of amides is 7. The molecule has 0 radical (unpaired) electrons. The number of benzene rings is 1. The molecule has 1 saturated heterocycles. The quantitative estimate of drug-likeness (QED) is 0.0606. The number of hydrogen-bond acceptors (Lipinski definition) is 17. The molecular formula is C46H65N8O20PS. The number of aromatic nitrogens is 1. The molecule has 11 atom stereocenters. The first-order chi connectivity index (χ1) is 35.7. The molecule has 30 heteroatoms. The predicted molar refractivity (Wildman–Crippen MR) is 262 cm³/mol. The van der Waals surface area contributed by atoms with Crippen molar-refractivity contribution in [2.75, 3.05) is 38.8 Å². The third-order valence-corrected chi connectivity index (χ3v) is 15.2. The molecule has 13 N–H and O–H groups in total. The second-order valence-electron chi connectivity index (χ2n) is 19.0. The lowest BCUT2D eigenvalue weighted by Crippen LogP contribution is -2.61. The highest BCUT2D eigenvalue weighted by atomic mass is 32.2. The van der Waals surface area contributed by atoms with E-state index in [9.17, 15) is 82.7 Å². The molecule has 1 aromatic heterocycles. The van der Waals surface area contributed by atoms with E-state index in [4.69, 9.17) is 4.74 Å². The third-order valence-electron chi connectivity index (χ3n) is 13.4. The summed E-state index contributed by atoms with van der Waals surface area (Å²) in [4.78, 5) is 161. The minimum Gasteiger partial charge on any atom is -0.481 e. The van der Waals surface area contributed by atoms with Crippen LogP contribution in [0.2, 0.25) is 0 Å². The number of carboxylic acid groups (broad SMARTS) is 1. The molecule has 0 aliphatic carbocycles. The number of fused-ring (bicyclic) bond motifs is 5. The molecular weight excluding hydrogens is 1050 g/mol. The zero-order chi connectivity index (χ0) is 56.3. The summed E-state index contributed by atoms with van der Waals surface area (Å²) in [5, 5.41) is 56.1. The van der Waals surface area contributed by atoms with Crippen LogP contribution in [-0.2, 0) is 80.7 Å². The first-order valence-electron chi connectivity index (χ1n) is 24.4. The minimum absolute atomic E-state index is 0.00306. The highest BCUT2D eigenvalue weighted by Gasteiger charge is 2.45. The van der Waals surface area contributed by atoms with E-state index in [1.165, 1.54) is 19.1 Å². The Balaban J connectivity index is 1.82. The summed E-state index contributed by atoms with van der Waals surface area (Å²) in [6.07, 6.45) is -5.89. The second kappa shape index (κ2) is 26.7. The topological polar surface area (TPSA) is 436 Å². The van der Waals surface area contributed by atoms with Gasteiger partial charge >= 0.3 is 13.8 Å². The zero-order valence-corrected chi connectivity index (χ0v) is 43.7. The summed E-state index contributed by atoms with van der Waals surface area (Å²) in [5.74, 6) is -15.2. The molecule has 420 valence electrons. The van der Waals surface area contributed by atoms with E-state index in [1.807, 2.05) is 0 Å². The van der Waals surface area contributed by atoms with Crippen LogP contribution in [0, 0.1) is 17.8 Å². The molecule has 76 heavy (non-hydrogen) atoms. The molecule has 2 aromatic rings. The van der Waals surface area contributed by atoms with Crippen LogP contribution in [0.4, 0.5) is 0 Å². The van der Waals surface area contributed by atoms with Gasteiger partial charge in [0.25, 0.3) is 0 Å². The maximum absolute atomic E-state index is 15.1. The number of carboxylic acids is 1. The number of phosphoric ester groups is 1. The molecule has 1 aromatic carbocycles. The van der Waals surface area contributed by atoms with Crippen LogP contribution in [0.1, 0.15) is 77.3 Å². The van der Waals surface area contributed by atoms with E-state index < -0.39 is 196 Å². The normalized spacial score (nSPS) is 26.1. The number of carbonyl (C=O) groups excluding carboxylic acids is 9. The summed E-state index contributed by atoms with van der Waals surface area (Å²) in [7, 11) is -7.66. The Morgan fingerprint density at radius 1 is 0.882 bits per heavy atom. The van der Waals surface area contributed by atoms with Crippen LogP contribution in [0.25, 0.3) is 10.9 Å². The highest BCUT2D eigenvalue weighted by Crippen LogP contribution is 2.37. The fraction of sp³-hybridized carbons (Fsp3) is 0.609. The number of aromatic amines is 1. The first-order valence-corrected chi connectivity index (χ1v) is 27.3. The van der Waals surface area contributed by atoms with Crippen LogP contribution in [0.3, 0.4) is 0 Å². The van der Waals surface area contributed by atoms with Gasteiger partial charge in [0.2, 0.25) is 41.4 Å². The SMILES string of the molecule is CCCC(=O)Cc1cc2c3c([nH]c2cc1OCOP(=O)(O)O)S(=O)C[C@@H]1NC(=O)CNC(=O)[C@H]([C@@H](C)CC)NC(=O)CNC(=O)[C@@H](C3)NC(=O)[C@H](C(C)C(O)CO)NC(=O)[C@@H]2C[C@@H](O)CN2C(=O)[C@H](CC(=O)O)CC1=O. The monoisotopic (exact) mass is 1110 g/mol. The lowest BCUT2D eigenvalue weighted by Gasteiger charge is -2.32. The van der Waals surface area contributed by atoms with E-state index in [1.54, 1.807) is 20.8 Å². The van der Waals surface area contributed by atoms with E-state index in [-0.39, 0.29) is 51.4 Å². The number of Topliss-reactive ketones (excluding diaryl/α,β-unsaturated/α-hetero) is 2. The van der Waals surface area contributed by atoms with Crippen molar-refractivity contribution in [2.24, 2.45) is 17.8 Å². The summed E-state index contributed by atoms with van der Waals surface area (Å²) in [6, 6.07) is -5.96. The summed E-state index contributed by atoms with van der Waals surface area (Å²) in [5.41, 5.74) is 0.00245. The first kappa shape index (κ1) is 60.7. The number of phosphoric acid groups is 1. The van der Waals surface area contributed by atoms with Crippen molar-refractivity contribution in [3.63, 3.8) is 0 Å². The van der Waals surface area contributed by atoms with Gasteiger partial charge in [-0.1, -0.05) is 34.1 Å². The molecule has 0 spiro atoms. The van der Waals surface area contributed by atoms with Crippen LogP contribution >= 0.6 is 7.82 Å². The van der Waals surface area contributed by atoms with Gasteiger partial charge in [-0.25, -0.2) is 9.09 Å². The van der Waals surface area contributed by atoms with Gasteiger partial charge in [0.15, 0.2) is 12.6 Å². The Morgan fingerprint density at radius 3 is 2.18 bits per heavy atom. The summed E-state index contributed by atoms with van der Waals surface area (Å²) < 4.78 is 36.7. The number of aliphatic hydroxyl groups is 3. The van der Waals surface area contributed by atoms with Gasteiger partial charge in [0.1, 0.15) is 40.7 Å². The second-order valence-corrected chi connectivity index (χ2v) is 21.7. The van der Waals surface area contributed by atoms with Crippen LogP contribution in [0.5, 0.6) is 5.75 Å². The molecule has 3 aliphatic heterocycles. The fourth-order valence-electron chi connectivity index (χ4n) is 9.03. The molecule has 5 rings (SSSR count). The lowest BCUT2D eigenvalue weighted by molar-refractivity contribution is -0.148. The fourth-order valence-corrected chi connectivity index (χ4v) is 10.6. The number of aliphatic hydroxyl groups excluding tert-OH is 3. The standard InChI is InChI=1S/C46H65N8O20PS/c1-5-7-25(56)8-23-9-27-28-13-30-41(64)47-16-37(61)52-39(21(3)6-2)43(66)48-15-36(60)49-31(19-76(72)45(28)51-29(27)14-35(23)73-20-74-75(69,70)71)33(58)10-24(11-38(62)63)46(68)54-17-26(57)12-32(54)42(65)53-40(44(67)50-30)22(4)34(59)18-55/h9,14,21-22,24,26,30-32,34,39-40,51,55,57,59H,5-8,10-13,15-20H2,1-4H3,(H,47,64)(H,48,66)(H,49,60)(H,50,67)(H,52,61)(H,53,65)(H,62,63)(H2,69,70,71)/t21-,22?,24-,26+,30+,31-,32-,34?,39-,40-,76?/m0/s1. The smallest absolute Gasteiger partial charge is 0.472 e. The number of ether oxygens (including phenoxy) is 1. The molecule has 7 amide bonds. The highest BCUT2D eigenvalue weighted by molar-refractivity contribution is 7.85. The van der Waals surface area contributed by atoms with Gasteiger partial charge in [0.05, 0.1) is 72.4 Å². The van der Waals surface area contributed by atoms with Crippen molar-refractivity contribution < 1.29 is 96.2 Å². The largest absolute Gasteiger partial charge is 0.481 e. The average molecular weight is 1110 g/mol. The van der Waals surface area contributed by atoms with Crippen molar-refractivity contribution in [2.45, 2.75) is 127 Å². The maximum Gasteiger partial charge on any atom is 0.472 e. The molecule has 3 unspecified atom stereocenters. The van der Waals surface area contributed by atoms with Gasteiger partial charge in [-0.05, 0) is 24.0 Å². The zero-order valence-electron chi connectivity index (χ0n) is 42.0. The summed E-state index contributed by atoms with van der Waals surface area (Å²) in [6.45, 7) is 2.07. The van der Waals surface area contributed by atoms with Crippen molar-refractivity contribution >= 4 is 88.4 Å². The van der Waals surface area contributed by atoms with Crippen LogP contribution in [-0.4, -0.2) is 184 Å². The number of ketones is 2. The van der Waals surface area contributed by atoms with Crippen molar-refractivity contribution in [1.29, 1.82) is 0 Å². The Bertz CT molecular complexity index is 2640. The van der Waals surface area contributed by atoms with Crippen molar-refractivity contribution in [1.82, 2.24) is 41.8 Å². The Labute approximate surface area is 437 Å². The Kier molecular flexibility index (Phi) is 21.3. The van der Waals surface area contributed by atoms with Gasteiger partial charge in [0, 0.05) is 61.6 Å². The molecule has 1 fully saturated rings. The number of nitrogens with one attached hydrogen (secondary N) is 7. The molecule has 4 heterocycles. The molecule has 28 nitrogen and oxygen atoms in total. The van der Waals surface area contributed by atoms with Crippen molar-refractivity contribution in [3.05, 3.63) is 23.3 Å². The number of nitrogens with zero attached hydrogens (tertiary/aromatic N) is 1. The number of H-pyrrole nitrogens is 1. The Hall–Kier alpha value is -6.20. The van der Waals surface area contributed by atoms with E-state index >= 15 is 4.21 Å². The van der Waals surface area contributed by atoms with Gasteiger partial charge in [-0.3, -0.25) is 52.2 Å². The van der Waals surface area contributed by atoms with E-state index in [0.717, 1.165) is 4.90 Å². The van der Waals surface area contributed by atoms with Crippen molar-refractivity contribution in [3.8, 4) is 5.75 Å². The van der Waals surface area contributed by atoms with Crippen LogP contribution in [0.15, 0.2) is 17.2 Å². The maximum atomic E-state index is 15.1. The molecule has 3 aliphatic rings.